The number of nitrogens with zero attached hydrogens (tertiary/aromatic N) is 4. The van der Waals surface area contributed by atoms with Crippen molar-refractivity contribution >= 4 is 17.4 Å². The summed E-state index contributed by atoms with van der Waals surface area (Å²) >= 11 is 1.44. The van der Waals surface area contributed by atoms with Crippen LogP contribution in [0.3, 0.4) is 0 Å². The third-order valence-electron chi connectivity index (χ3n) is 5.36. The van der Waals surface area contributed by atoms with Crippen molar-refractivity contribution in [3.05, 3.63) is 88.0 Å². The summed E-state index contributed by atoms with van der Waals surface area (Å²) in [6.07, 6.45) is 0. The highest BCUT2D eigenvalue weighted by molar-refractivity contribution is 7.98. The van der Waals surface area contributed by atoms with Crippen LogP contribution < -0.4 is 14.2 Å². The Morgan fingerprint density at radius 3 is 2.68 bits per heavy atom. The maximum absolute atomic E-state index is 11.2. The second-order valence-corrected chi connectivity index (χ2v) is 8.43. The SMILES string of the molecule is COc1ccc([N+](=O)[O-])cc1CSc1nnc(-c2ccccc2)n1Cc1ccc2c(c1)OCO2. The van der Waals surface area contributed by atoms with E-state index in [1.54, 1.807) is 13.2 Å². The van der Waals surface area contributed by atoms with Crippen LogP contribution >= 0.6 is 11.8 Å². The lowest BCUT2D eigenvalue weighted by Gasteiger charge is -2.12. The van der Waals surface area contributed by atoms with Gasteiger partial charge in [0, 0.05) is 29.0 Å². The molecule has 10 heteroatoms. The van der Waals surface area contributed by atoms with Crippen LogP contribution in [0.1, 0.15) is 11.1 Å². The molecular formula is C24H20N4O5S. The normalized spacial score (nSPS) is 12.0. The summed E-state index contributed by atoms with van der Waals surface area (Å²) in [6, 6.07) is 20.2. The molecule has 0 aliphatic carbocycles. The molecule has 0 unspecified atom stereocenters. The molecule has 1 aliphatic rings. The number of thioether (sulfide) groups is 1. The van der Waals surface area contributed by atoms with E-state index in [-0.39, 0.29) is 12.5 Å². The van der Waals surface area contributed by atoms with E-state index in [9.17, 15) is 10.1 Å². The Morgan fingerprint density at radius 1 is 1.06 bits per heavy atom. The summed E-state index contributed by atoms with van der Waals surface area (Å²) in [4.78, 5) is 10.8. The minimum atomic E-state index is -0.413. The van der Waals surface area contributed by atoms with Crippen molar-refractivity contribution in [1.29, 1.82) is 0 Å². The number of aromatic nitrogens is 3. The molecule has 0 fully saturated rings. The zero-order chi connectivity index (χ0) is 23.5. The molecule has 5 rings (SSSR count). The third-order valence-corrected chi connectivity index (χ3v) is 6.37. The second-order valence-electron chi connectivity index (χ2n) is 7.49. The molecule has 0 saturated heterocycles. The molecular weight excluding hydrogens is 456 g/mol. The molecule has 0 radical (unpaired) electrons. The molecule has 0 N–H and O–H groups in total. The predicted octanol–water partition coefficient (Wildman–Crippen LogP) is 4.93. The van der Waals surface area contributed by atoms with Crippen molar-refractivity contribution in [2.45, 2.75) is 17.5 Å². The van der Waals surface area contributed by atoms with Gasteiger partial charge in [-0.2, -0.15) is 0 Å². The summed E-state index contributed by atoms with van der Waals surface area (Å²) in [5, 5.41) is 20.8. The van der Waals surface area contributed by atoms with Gasteiger partial charge in [-0.15, -0.1) is 10.2 Å². The number of ether oxygens (including phenoxy) is 3. The van der Waals surface area contributed by atoms with Crippen molar-refractivity contribution < 1.29 is 19.1 Å². The van der Waals surface area contributed by atoms with Crippen molar-refractivity contribution in [2.24, 2.45) is 0 Å². The highest BCUT2D eigenvalue weighted by Crippen LogP contribution is 2.35. The Labute approximate surface area is 199 Å². The Balaban J connectivity index is 1.47. The van der Waals surface area contributed by atoms with E-state index in [1.807, 2.05) is 53.1 Å². The fourth-order valence-electron chi connectivity index (χ4n) is 3.69. The van der Waals surface area contributed by atoms with Gasteiger partial charge in [-0.3, -0.25) is 14.7 Å². The summed E-state index contributed by atoms with van der Waals surface area (Å²) in [5.74, 6) is 3.18. The van der Waals surface area contributed by atoms with Crippen LogP contribution in [0.5, 0.6) is 17.2 Å². The number of non-ortho nitro benzene ring substituents is 1. The van der Waals surface area contributed by atoms with E-state index in [2.05, 4.69) is 10.2 Å². The average molecular weight is 477 g/mol. The van der Waals surface area contributed by atoms with Crippen LogP contribution in [-0.4, -0.2) is 33.6 Å². The van der Waals surface area contributed by atoms with Crippen LogP contribution in [0, 0.1) is 10.1 Å². The van der Waals surface area contributed by atoms with Crippen LogP contribution in [-0.2, 0) is 12.3 Å². The molecule has 0 saturated carbocycles. The number of rotatable bonds is 8. The van der Waals surface area contributed by atoms with Gasteiger partial charge in [-0.05, 0) is 23.8 Å². The molecule has 0 bridgehead atoms. The van der Waals surface area contributed by atoms with Gasteiger partial charge in [0.1, 0.15) is 5.75 Å². The van der Waals surface area contributed by atoms with E-state index in [4.69, 9.17) is 14.2 Å². The van der Waals surface area contributed by atoms with Gasteiger partial charge in [0.2, 0.25) is 6.79 Å². The maximum Gasteiger partial charge on any atom is 0.270 e. The first-order valence-electron chi connectivity index (χ1n) is 10.4. The monoisotopic (exact) mass is 476 g/mol. The number of hydrogen-bond acceptors (Lipinski definition) is 8. The van der Waals surface area contributed by atoms with Crippen LogP contribution in [0.25, 0.3) is 11.4 Å². The van der Waals surface area contributed by atoms with Crippen molar-refractivity contribution in [1.82, 2.24) is 14.8 Å². The van der Waals surface area contributed by atoms with E-state index >= 15 is 0 Å². The fraction of sp³-hybridized carbons (Fsp3) is 0.167. The first kappa shape index (κ1) is 21.8. The number of benzene rings is 3. The molecule has 1 aliphatic heterocycles. The maximum atomic E-state index is 11.2. The Morgan fingerprint density at radius 2 is 1.88 bits per heavy atom. The van der Waals surface area contributed by atoms with E-state index in [1.165, 1.54) is 23.9 Å². The minimum absolute atomic E-state index is 0.0169. The number of fused-ring (bicyclic) bond motifs is 1. The summed E-state index contributed by atoms with van der Waals surface area (Å²) in [5.41, 5.74) is 2.68. The van der Waals surface area contributed by atoms with Crippen molar-refractivity contribution in [3.8, 4) is 28.6 Å². The van der Waals surface area contributed by atoms with Gasteiger partial charge in [0.05, 0.1) is 18.6 Å². The molecule has 1 aromatic heterocycles. The average Bonchev–Trinajstić information content (AvgIpc) is 3.49. The zero-order valence-corrected chi connectivity index (χ0v) is 19.0. The van der Waals surface area contributed by atoms with Gasteiger partial charge in [0.25, 0.3) is 5.69 Å². The second kappa shape index (κ2) is 9.44. The van der Waals surface area contributed by atoms with Crippen LogP contribution in [0.4, 0.5) is 5.69 Å². The standard InChI is InChI=1S/C24H20N4O5S/c1-31-20-10-8-19(28(29)30)12-18(20)14-34-24-26-25-23(17-5-3-2-4-6-17)27(24)13-16-7-9-21-22(11-16)33-15-32-21/h2-12H,13-15H2,1H3. The minimum Gasteiger partial charge on any atom is -0.496 e. The van der Waals surface area contributed by atoms with Gasteiger partial charge < -0.3 is 14.2 Å². The molecule has 9 nitrogen and oxygen atoms in total. The lowest BCUT2D eigenvalue weighted by molar-refractivity contribution is -0.384. The lowest BCUT2D eigenvalue weighted by Crippen LogP contribution is -2.04. The first-order valence-corrected chi connectivity index (χ1v) is 11.4. The molecule has 0 amide bonds. The highest BCUT2D eigenvalue weighted by atomic mass is 32.2. The topological polar surface area (TPSA) is 102 Å². The Hall–Kier alpha value is -4.05. The van der Waals surface area contributed by atoms with Crippen molar-refractivity contribution in [3.63, 3.8) is 0 Å². The predicted molar refractivity (Wildman–Crippen MR) is 126 cm³/mol. The van der Waals surface area contributed by atoms with Gasteiger partial charge >= 0.3 is 0 Å². The first-order chi connectivity index (χ1) is 16.6. The quantitative estimate of drug-likeness (QED) is 0.200. The number of hydrogen-bond donors (Lipinski definition) is 0. The largest absolute Gasteiger partial charge is 0.496 e. The van der Waals surface area contributed by atoms with Crippen LogP contribution in [0.2, 0.25) is 0 Å². The molecule has 172 valence electrons. The zero-order valence-electron chi connectivity index (χ0n) is 18.2. The van der Waals surface area contributed by atoms with Gasteiger partial charge in [0.15, 0.2) is 22.5 Å². The molecule has 34 heavy (non-hydrogen) atoms. The van der Waals surface area contributed by atoms with E-state index in [0.29, 0.717) is 34.5 Å². The molecule has 3 aromatic carbocycles. The van der Waals surface area contributed by atoms with Crippen molar-refractivity contribution in [2.75, 3.05) is 13.9 Å². The van der Waals surface area contributed by atoms with E-state index in [0.717, 1.165) is 22.7 Å². The van der Waals surface area contributed by atoms with E-state index < -0.39 is 4.92 Å². The third kappa shape index (κ3) is 4.40. The highest BCUT2D eigenvalue weighted by Gasteiger charge is 2.19. The molecule has 4 aromatic rings. The molecule has 2 heterocycles. The van der Waals surface area contributed by atoms with Crippen LogP contribution in [0.15, 0.2) is 71.9 Å². The molecule has 0 spiro atoms. The Kier molecular flexibility index (Phi) is 6.05. The summed E-state index contributed by atoms with van der Waals surface area (Å²) in [6.45, 7) is 0.731. The molecule has 0 atom stereocenters. The van der Waals surface area contributed by atoms with Gasteiger partial charge in [-0.25, -0.2) is 0 Å². The van der Waals surface area contributed by atoms with Gasteiger partial charge in [-0.1, -0.05) is 48.2 Å². The number of nitro groups is 1. The summed E-state index contributed by atoms with van der Waals surface area (Å²) < 4.78 is 18.4. The summed E-state index contributed by atoms with van der Waals surface area (Å²) in [7, 11) is 1.55. The lowest BCUT2D eigenvalue weighted by atomic mass is 10.2. The fourth-order valence-corrected chi connectivity index (χ4v) is 4.61. The smallest absolute Gasteiger partial charge is 0.270 e. The number of methoxy groups -OCH3 is 1. The Bertz CT molecular complexity index is 1340. The number of nitro benzene ring substituents is 1.